The SMILES string of the molecule is Cn1ncnc1CN1CC2CCC(N)C2C1. The molecule has 16 heavy (non-hydrogen) atoms. The highest BCUT2D eigenvalue weighted by molar-refractivity contribution is 4.97. The molecule has 2 heterocycles. The fourth-order valence-electron chi connectivity index (χ4n) is 3.19. The Labute approximate surface area is 95.6 Å². The summed E-state index contributed by atoms with van der Waals surface area (Å²) < 4.78 is 1.86. The van der Waals surface area contributed by atoms with Crippen molar-refractivity contribution in [2.75, 3.05) is 13.1 Å². The molecule has 2 fully saturated rings. The molecule has 0 radical (unpaired) electrons. The summed E-state index contributed by atoms with van der Waals surface area (Å²) in [6.07, 6.45) is 4.15. The van der Waals surface area contributed by atoms with Crippen LogP contribution in [-0.2, 0) is 13.6 Å². The Morgan fingerprint density at radius 3 is 3.00 bits per heavy atom. The summed E-state index contributed by atoms with van der Waals surface area (Å²) >= 11 is 0. The minimum atomic E-state index is 0.425. The lowest BCUT2D eigenvalue weighted by Crippen LogP contribution is -2.30. The van der Waals surface area contributed by atoms with E-state index < -0.39 is 0 Å². The fraction of sp³-hybridized carbons (Fsp3) is 0.818. The zero-order chi connectivity index (χ0) is 11.1. The Kier molecular flexibility index (Phi) is 2.44. The average Bonchev–Trinajstić information content (AvgIpc) is 2.90. The van der Waals surface area contributed by atoms with Gasteiger partial charge in [0.1, 0.15) is 12.2 Å². The molecule has 3 unspecified atom stereocenters. The van der Waals surface area contributed by atoms with Crippen LogP contribution >= 0.6 is 0 Å². The molecule has 1 saturated heterocycles. The number of hydrogen-bond donors (Lipinski definition) is 1. The lowest BCUT2D eigenvalue weighted by atomic mass is 9.98. The topological polar surface area (TPSA) is 60.0 Å². The highest BCUT2D eigenvalue weighted by Gasteiger charge is 2.40. The van der Waals surface area contributed by atoms with Gasteiger partial charge in [0.15, 0.2) is 0 Å². The molecule has 1 saturated carbocycles. The van der Waals surface area contributed by atoms with Crippen LogP contribution in [0, 0.1) is 11.8 Å². The van der Waals surface area contributed by atoms with Gasteiger partial charge in [-0.2, -0.15) is 5.10 Å². The monoisotopic (exact) mass is 221 g/mol. The van der Waals surface area contributed by atoms with Crippen molar-refractivity contribution < 1.29 is 0 Å². The van der Waals surface area contributed by atoms with E-state index in [2.05, 4.69) is 15.0 Å². The van der Waals surface area contributed by atoms with Gasteiger partial charge in [-0.25, -0.2) is 4.98 Å². The van der Waals surface area contributed by atoms with Gasteiger partial charge in [0.05, 0.1) is 6.54 Å². The smallest absolute Gasteiger partial charge is 0.140 e. The number of hydrogen-bond acceptors (Lipinski definition) is 4. The van der Waals surface area contributed by atoms with Crippen LogP contribution in [0.15, 0.2) is 6.33 Å². The van der Waals surface area contributed by atoms with E-state index in [9.17, 15) is 0 Å². The standard InChI is InChI=1S/C11H19N5/c1-15-11(13-7-14-15)6-16-4-8-2-3-10(12)9(8)5-16/h7-10H,2-6,12H2,1H3. The number of aromatic nitrogens is 3. The molecular formula is C11H19N5. The third-order valence-electron chi connectivity index (χ3n) is 4.16. The Balaban J connectivity index is 1.65. The molecule has 5 heteroatoms. The van der Waals surface area contributed by atoms with E-state index in [4.69, 9.17) is 5.73 Å². The number of nitrogens with zero attached hydrogens (tertiary/aromatic N) is 4. The first-order valence-electron chi connectivity index (χ1n) is 6.05. The summed E-state index contributed by atoms with van der Waals surface area (Å²) in [7, 11) is 1.95. The molecule has 1 aliphatic carbocycles. The summed E-state index contributed by atoms with van der Waals surface area (Å²) in [4.78, 5) is 6.74. The minimum absolute atomic E-state index is 0.425. The van der Waals surface area contributed by atoms with E-state index in [0.29, 0.717) is 12.0 Å². The molecule has 3 rings (SSSR count). The van der Waals surface area contributed by atoms with Crippen molar-refractivity contribution >= 4 is 0 Å². The van der Waals surface area contributed by atoms with Gasteiger partial charge in [0, 0.05) is 26.2 Å². The molecule has 1 aromatic rings. The van der Waals surface area contributed by atoms with Crippen LogP contribution in [0.1, 0.15) is 18.7 Å². The highest BCUT2D eigenvalue weighted by atomic mass is 15.3. The quantitative estimate of drug-likeness (QED) is 0.762. The lowest BCUT2D eigenvalue weighted by Gasteiger charge is -2.17. The van der Waals surface area contributed by atoms with Gasteiger partial charge >= 0.3 is 0 Å². The number of aryl methyl sites for hydroxylation is 1. The molecule has 1 aliphatic heterocycles. The molecule has 0 amide bonds. The molecule has 2 aliphatic rings. The van der Waals surface area contributed by atoms with E-state index in [1.165, 1.54) is 19.4 Å². The van der Waals surface area contributed by atoms with E-state index in [1.54, 1.807) is 6.33 Å². The molecule has 0 spiro atoms. The second kappa shape index (κ2) is 3.82. The summed E-state index contributed by atoms with van der Waals surface area (Å²) in [5.41, 5.74) is 6.13. The van der Waals surface area contributed by atoms with Crippen molar-refractivity contribution in [2.24, 2.45) is 24.6 Å². The molecule has 88 valence electrons. The van der Waals surface area contributed by atoms with Crippen molar-refractivity contribution in [3.05, 3.63) is 12.2 Å². The Hall–Kier alpha value is -0.940. The van der Waals surface area contributed by atoms with Crippen molar-refractivity contribution in [3.8, 4) is 0 Å². The van der Waals surface area contributed by atoms with E-state index >= 15 is 0 Å². The minimum Gasteiger partial charge on any atom is -0.327 e. The van der Waals surface area contributed by atoms with Crippen LogP contribution in [0.3, 0.4) is 0 Å². The number of nitrogens with two attached hydrogens (primary N) is 1. The lowest BCUT2D eigenvalue weighted by molar-refractivity contribution is 0.286. The second-order valence-electron chi connectivity index (χ2n) is 5.16. The maximum absolute atomic E-state index is 6.13. The first kappa shape index (κ1) is 10.2. The van der Waals surface area contributed by atoms with Gasteiger partial charge in [0.2, 0.25) is 0 Å². The first-order chi connectivity index (χ1) is 7.74. The van der Waals surface area contributed by atoms with Gasteiger partial charge < -0.3 is 5.73 Å². The third-order valence-corrected chi connectivity index (χ3v) is 4.16. The number of likely N-dealkylation sites (tertiary alicyclic amines) is 1. The molecule has 1 aromatic heterocycles. The highest BCUT2D eigenvalue weighted by Crippen LogP contribution is 2.37. The Morgan fingerprint density at radius 1 is 1.44 bits per heavy atom. The molecule has 0 bridgehead atoms. The molecule has 0 aromatic carbocycles. The number of fused-ring (bicyclic) bond motifs is 1. The van der Waals surface area contributed by atoms with Gasteiger partial charge in [-0.15, -0.1) is 0 Å². The average molecular weight is 221 g/mol. The van der Waals surface area contributed by atoms with Crippen LogP contribution in [0.5, 0.6) is 0 Å². The summed E-state index contributed by atoms with van der Waals surface area (Å²) in [6, 6.07) is 0.425. The van der Waals surface area contributed by atoms with E-state index in [0.717, 1.165) is 24.8 Å². The Bertz CT molecular complexity index is 374. The van der Waals surface area contributed by atoms with Gasteiger partial charge in [-0.3, -0.25) is 9.58 Å². The van der Waals surface area contributed by atoms with E-state index in [1.807, 2.05) is 11.7 Å². The first-order valence-corrected chi connectivity index (χ1v) is 6.05. The normalized spacial score (nSPS) is 34.5. The Morgan fingerprint density at radius 2 is 2.31 bits per heavy atom. The fourth-order valence-corrected chi connectivity index (χ4v) is 3.19. The van der Waals surface area contributed by atoms with Gasteiger partial charge in [0.25, 0.3) is 0 Å². The second-order valence-corrected chi connectivity index (χ2v) is 5.16. The van der Waals surface area contributed by atoms with Crippen molar-refractivity contribution in [2.45, 2.75) is 25.4 Å². The van der Waals surface area contributed by atoms with Crippen LogP contribution in [0.2, 0.25) is 0 Å². The van der Waals surface area contributed by atoms with Crippen LogP contribution in [0.4, 0.5) is 0 Å². The van der Waals surface area contributed by atoms with Crippen LogP contribution in [-0.4, -0.2) is 38.8 Å². The van der Waals surface area contributed by atoms with Gasteiger partial charge in [-0.1, -0.05) is 0 Å². The van der Waals surface area contributed by atoms with Crippen molar-refractivity contribution in [1.82, 2.24) is 19.7 Å². The summed E-state index contributed by atoms with van der Waals surface area (Å²) in [5, 5.41) is 4.10. The molecular weight excluding hydrogens is 202 g/mol. The predicted molar refractivity (Wildman–Crippen MR) is 60.5 cm³/mol. The molecule has 3 atom stereocenters. The zero-order valence-electron chi connectivity index (χ0n) is 9.71. The molecule has 5 nitrogen and oxygen atoms in total. The van der Waals surface area contributed by atoms with Crippen molar-refractivity contribution in [3.63, 3.8) is 0 Å². The van der Waals surface area contributed by atoms with Crippen LogP contribution in [0.25, 0.3) is 0 Å². The maximum Gasteiger partial charge on any atom is 0.140 e. The van der Waals surface area contributed by atoms with Crippen LogP contribution < -0.4 is 5.73 Å². The zero-order valence-corrected chi connectivity index (χ0v) is 9.71. The largest absolute Gasteiger partial charge is 0.327 e. The summed E-state index contributed by atoms with van der Waals surface area (Å²) in [5.74, 6) is 2.59. The van der Waals surface area contributed by atoms with E-state index in [-0.39, 0.29) is 0 Å². The number of rotatable bonds is 2. The third kappa shape index (κ3) is 1.64. The maximum atomic E-state index is 6.13. The molecule has 2 N–H and O–H groups in total. The summed E-state index contributed by atoms with van der Waals surface area (Å²) in [6.45, 7) is 3.24. The predicted octanol–water partition coefficient (Wildman–Crippen LogP) is -0.0158. The van der Waals surface area contributed by atoms with Gasteiger partial charge in [-0.05, 0) is 24.7 Å². The van der Waals surface area contributed by atoms with Crippen molar-refractivity contribution in [1.29, 1.82) is 0 Å².